The fourth-order valence-electron chi connectivity index (χ4n) is 1.84. The number of hydrogen-bond donors (Lipinski definition) is 1. The first-order valence-corrected chi connectivity index (χ1v) is 6.19. The van der Waals surface area contributed by atoms with Crippen LogP contribution in [0.2, 0.25) is 0 Å². The molecule has 1 aromatic heterocycles. The number of hydrogen-bond acceptors (Lipinski definition) is 6. The molecule has 0 bridgehead atoms. The molecule has 2 heterocycles. The summed E-state index contributed by atoms with van der Waals surface area (Å²) in [5.41, 5.74) is 0. The lowest BCUT2D eigenvalue weighted by molar-refractivity contribution is -0.145. The molecule has 1 atom stereocenters. The first kappa shape index (κ1) is 13.4. The minimum absolute atomic E-state index is 0.128. The van der Waals surface area contributed by atoms with E-state index in [0.29, 0.717) is 19.4 Å². The van der Waals surface area contributed by atoms with Crippen molar-refractivity contribution in [1.29, 1.82) is 0 Å². The summed E-state index contributed by atoms with van der Waals surface area (Å²) in [5.74, 6) is -1.18. The van der Waals surface area contributed by atoms with Crippen LogP contribution in [0, 0.1) is 0 Å². The minimum Gasteiger partial charge on any atom is -0.480 e. The first-order chi connectivity index (χ1) is 9.13. The van der Waals surface area contributed by atoms with Gasteiger partial charge in [-0.15, -0.1) is 0 Å². The smallest absolute Gasteiger partial charge is 0.328 e. The van der Waals surface area contributed by atoms with Gasteiger partial charge in [0.25, 0.3) is 0 Å². The maximum Gasteiger partial charge on any atom is 0.328 e. The molecule has 0 aromatic carbocycles. The van der Waals surface area contributed by atoms with Crippen molar-refractivity contribution < 1.29 is 28.9 Å². The van der Waals surface area contributed by atoms with Gasteiger partial charge in [0, 0.05) is 13.0 Å². The standard InChI is InChI=1S/C10H17N3O6/c1-2-9(14)17-6-7-18-13-12(19-13)11-5-3-4-8(11)10(15)16/h8H,2-7H2,1H3,(H,15,16)/t8-,12?,13?/m0/s1. The molecule has 108 valence electrons. The van der Waals surface area contributed by atoms with Gasteiger partial charge in [0.15, 0.2) is 6.61 Å². The van der Waals surface area contributed by atoms with Crippen LogP contribution in [0.4, 0.5) is 0 Å². The van der Waals surface area contributed by atoms with E-state index >= 15 is 0 Å². The van der Waals surface area contributed by atoms with Gasteiger partial charge >= 0.3 is 11.9 Å². The van der Waals surface area contributed by atoms with Crippen LogP contribution in [0.15, 0.2) is 4.63 Å². The molecular formula is C10H17N3O6. The van der Waals surface area contributed by atoms with Crippen LogP contribution in [0.25, 0.3) is 0 Å². The zero-order chi connectivity index (χ0) is 13.8. The van der Waals surface area contributed by atoms with Crippen molar-refractivity contribution in [2.75, 3.05) is 24.8 Å². The van der Waals surface area contributed by atoms with Crippen LogP contribution < -0.4 is 9.85 Å². The second-order valence-corrected chi connectivity index (χ2v) is 4.14. The SMILES string of the molecule is CCC(=O)OCCOn1on1N1CCC[C@H]1C(=O)O. The quantitative estimate of drug-likeness (QED) is 0.526. The summed E-state index contributed by atoms with van der Waals surface area (Å²) in [6.07, 6.45) is 1.69. The van der Waals surface area contributed by atoms with Gasteiger partial charge in [-0.2, -0.15) is 4.63 Å². The predicted molar refractivity (Wildman–Crippen MR) is 61.1 cm³/mol. The molecule has 0 unspecified atom stereocenters. The Labute approximate surface area is 109 Å². The van der Waals surface area contributed by atoms with E-state index in [4.69, 9.17) is 19.3 Å². The van der Waals surface area contributed by atoms with Crippen LogP contribution >= 0.6 is 0 Å². The van der Waals surface area contributed by atoms with Crippen LogP contribution in [0.3, 0.4) is 0 Å². The number of rotatable bonds is 7. The minimum atomic E-state index is -0.884. The molecule has 1 aliphatic rings. The van der Waals surface area contributed by atoms with Crippen molar-refractivity contribution >= 4 is 11.9 Å². The van der Waals surface area contributed by atoms with E-state index in [0.717, 1.165) is 11.4 Å². The van der Waals surface area contributed by atoms with Crippen molar-refractivity contribution in [3.8, 4) is 0 Å². The molecule has 2 rings (SSSR count). The molecule has 19 heavy (non-hydrogen) atoms. The van der Waals surface area contributed by atoms with Gasteiger partial charge < -0.3 is 14.7 Å². The van der Waals surface area contributed by atoms with Crippen molar-refractivity contribution in [1.82, 2.24) is 9.98 Å². The topological polar surface area (TPSA) is 99.1 Å². The fourth-order valence-corrected chi connectivity index (χ4v) is 1.84. The third kappa shape index (κ3) is 3.24. The summed E-state index contributed by atoms with van der Waals surface area (Å²) in [6, 6.07) is -0.591. The summed E-state index contributed by atoms with van der Waals surface area (Å²) >= 11 is 0. The van der Waals surface area contributed by atoms with E-state index in [1.165, 1.54) is 4.96 Å². The van der Waals surface area contributed by atoms with Gasteiger partial charge in [-0.05, 0) is 12.8 Å². The largest absolute Gasteiger partial charge is 0.480 e. The number of carboxylic acids is 1. The number of carbonyl (C=O) groups is 2. The van der Waals surface area contributed by atoms with Crippen molar-refractivity contribution in [2.24, 2.45) is 0 Å². The average molecular weight is 275 g/mol. The lowest BCUT2D eigenvalue weighted by Gasteiger charge is -2.15. The number of esters is 1. The third-order valence-electron chi connectivity index (χ3n) is 2.82. The van der Waals surface area contributed by atoms with E-state index < -0.39 is 12.0 Å². The average Bonchev–Trinajstić information content (AvgIpc) is 2.98. The zero-order valence-corrected chi connectivity index (χ0v) is 10.7. The molecule has 0 aliphatic carbocycles. The number of aromatic nitrogens is 2. The summed E-state index contributed by atoms with van der Waals surface area (Å²) in [6.45, 7) is 2.58. The van der Waals surface area contributed by atoms with E-state index in [1.54, 1.807) is 11.9 Å². The van der Waals surface area contributed by atoms with Crippen LogP contribution in [-0.2, 0) is 14.3 Å². The van der Waals surface area contributed by atoms with Gasteiger partial charge in [-0.1, -0.05) is 6.92 Å². The highest BCUT2D eigenvalue weighted by atomic mass is 17.0. The maximum atomic E-state index is 11.0. The molecule has 0 amide bonds. The Morgan fingerprint density at radius 3 is 2.89 bits per heavy atom. The highest BCUT2D eigenvalue weighted by molar-refractivity contribution is 5.75. The third-order valence-corrected chi connectivity index (χ3v) is 2.82. The Hall–Kier alpha value is -2.06. The van der Waals surface area contributed by atoms with E-state index in [1.807, 2.05) is 0 Å². The van der Waals surface area contributed by atoms with Crippen LogP contribution in [0.1, 0.15) is 26.2 Å². The number of nitrogens with zero attached hydrogens (tertiary/aromatic N) is 3. The van der Waals surface area contributed by atoms with Crippen LogP contribution in [-0.4, -0.2) is 52.8 Å². The molecule has 1 N–H and O–H groups in total. The fraction of sp³-hybridized carbons (Fsp3) is 0.800. The maximum absolute atomic E-state index is 11.0. The van der Waals surface area contributed by atoms with E-state index in [-0.39, 0.29) is 19.2 Å². The Morgan fingerprint density at radius 1 is 1.42 bits per heavy atom. The lowest BCUT2D eigenvalue weighted by atomic mass is 10.2. The highest BCUT2D eigenvalue weighted by Gasteiger charge is 2.36. The van der Waals surface area contributed by atoms with Gasteiger partial charge in [-0.3, -0.25) is 4.79 Å². The Morgan fingerprint density at radius 2 is 2.21 bits per heavy atom. The number of carboxylic acid groups (broad SMARTS) is 1. The Balaban J connectivity index is 1.72. The van der Waals surface area contributed by atoms with Crippen molar-refractivity contribution in [3.05, 3.63) is 0 Å². The van der Waals surface area contributed by atoms with Crippen LogP contribution in [0.5, 0.6) is 0 Å². The second-order valence-electron chi connectivity index (χ2n) is 4.14. The molecule has 0 radical (unpaired) electrons. The normalized spacial score (nSPS) is 18.8. The summed E-state index contributed by atoms with van der Waals surface area (Å²) < 4.78 is 9.80. The Bertz CT molecular complexity index is 433. The van der Waals surface area contributed by atoms with Gasteiger partial charge in [0.2, 0.25) is 0 Å². The van der Waals surface area contributed by atoms with Gasteiger partial charge in [0.05, 0.1) is 4.96 Å². The van der Waals surface area contributed by atoms with Crippen molar-refractivity contribution in [2.45, 2.75) is 32.2 Å². The zero-order valence-electron chi connectivity index (χ0n) is 10.7. The molecule has 0 spiro atoms. The molecule has 1 saturated heterocycles. The number of aliphatic carboxylic acids is 1. The Kier molecular flexibility index (Phi) is 4.03. The molecule has 0 saturated carbocycles. The molecule has 9 nitrogen and oxygen atoms in total. The summed E-state index contributed by atoms with van der Waals surface area (Å²) in [4.78, 5) is 28.2. The van der Waals surface area contributed by atoms with E-state index in [2.05, 4.69) is 0 Å². The molecule has 9 heteroatoms. The lowest BCUT2D eigenvalue weighted by Crippen LogP contribution is -2.42. The van der Waals surface area contributed by atoms with E-state index in [9.17, 15) is 9.59 Å². The first-order valence-electron chi connectivity index (χ1n) is 6.19. The van der Waals surface area contributed by atoms with Gasteiger partial charge in [0.1, 0.15) is 17.7 Å². The number of ether oxygens (including phenoxy) is 1. The second kappa shape index (κ2) is 5.72. The molecule has 1 fully saturated rings. The highest BCUT2D eigenvalue weighted by Crippen LogP contribution is 2.17. The monoisotopic (exact) mass is 275 g/mol. The summed E-state index contributed by atoms with van der Waals surface area (Å²) in [5, 5.41) is 11.6. The molecule has 1 aromatic rings. The molecular weight excluding hydrogens is 258 g/mol. The molecule has 1 aliphatic heterocycles. The number of carbonyl (C=O) groups excluding carboxylic acids is 1. The predicted octanol–water partition coefficient (Wildman–Crippen LogP) is -0.551. The van der Waals surface area contributed by atoms with Crippen molar-refractivity contribution in [3.63, 3.8) is 0 Å². The van der Waals surface area contributed by atoms with Gasteiger partial charge in [-0.25, -0.2) is 9.80 Å². The summed E-state index contributed by atoms with van der Waals surface area (Å²) in [7, 11) is 0.